The molecule has 9 nitrogen and oxygen atoms in total. The molecule has 5 rings (SSSR count). The van der Waals surface area contributed by atoms with Crippen LogP contribution in [-0.2, 0) is 0 Å². The first-order valence-electron chi connectivity index (χ1n) is 11.5. The molecule has 1 aromatic heterocycles. The molecule has 36 heavy (non-hydrogen) atoms. The second-order valence-electron chi connectivity index (χ2n) is 8.52. The minimum absolute atomic E-state index is 0.0922. The van der Waals surface area contributed by atoms with Crippen molar-refractivity contribution in [2.75, 3.05) is 38.0 Å². The first-order valence-corrected chi connectivity index (χ1v) is 11.5. The summed E-state index contributed by atoms with van der Waals surface area (Å²) >= 11 is 0. The van der Waals surface area contributed by atoms with Crippen LogP contribution >= 0.6 is 0 Å². The van der Waals surface area contributed by atoms with Gasteiger partial charge in [0.25, 0.3) is 5.91 Å². The van der Waals surface area contributed by atoms with E-state index in [4.69, 9.17) is 15.6 Å². The third-order valence-electron chi connectivity index (χ3n) is 6.15. The number of hydrogen-bond acceptors (Lipinski definition) is 7. The van der Waals surface area contributed by atoms with Crippen LogP contribution in [0.5, 0.6) is 17.2 Å². The number of primary amides is 1. The summed E-state index contributed by atoms with van der Waals surface area (Å²) < 4.78 is 48.2. The van der Waals surface area contributed by atoms with Crippen LogP contribution in [0.4, 0.5) is 18.9 Å². The first kappa shape index (κ1) is 23.9. The van der Waals surface area contributed by atoms with Crippen LogP contribution in [0.3, 0.4) is 0 Å². The molecule has 0 bridgehead atoms. The molecular weight excluding hydrogens is 477 g/mol. The van der Waals surface area contributed by atoms with E-state index in [2.05, 4.69) is 20.3 Å². The van der Waals surface area contributed by atoms with Crippen molar-refractivity contribution in [3.05, 3.63) is 59.9 Å². The number of fused-ring (bicyclic) bond motifs is 1. The zero-order chi connectivity index (χ0) is 25.3. The van der Waals surface area contributed by atoms with Gasteiger partial charge in [-0.3, -0.25) is 9.69 Å². The Morgan fingerprint density at radius 3 is 2.19 bits per heavy atom. The first-order chi connectivity index (χ1) is 17.3. The molecule has 2 aliphatic heterocycles. The average molecular weight is 502 g/mol. The van der Waals surface area contributed by atoms with Gasteiger partial charge in [0, 0.05) is 32.7 Å². The van der Waals surface area contributed by atoms with E-state index in [0.717, 1.165) is 38.3 Å². The van der Waals surface area contributed by atoms with Gasteiger partial charge in [-0.15, -0.1) is 13.2 Å². The number of carbonyl (C=O) groups excluding carboxylic acids is 1. The maximum atomic E-state index is 12.4. The Labute approximate surface area is 205 Å². The number of ether oxygens (including phenoxy) is 2. The van der Waals surface area contributed by atoms with E-state index < -0.39 is 12.3 Å². The second kappa shape index (κ2) is 9.70. The Bertz CT molecular complexity index is 1220. The van der Waals surface area contributed by atoms with E-state index in [9.17, 15) is 18.0 Å². The van der Waals surface area contributed by atoms with Gasteiger partial charge < -0.3 is 25.8 Å². The maximum Gasteiger partial charge on any atom is 0.573 e. The zero-order valence-corrected chi connectivity index (χ0v) is 19.2. The summed E-state index contributed by atoms with van der Waals surface area (Å²) in [5.41, 5.74) is 8.14. The molecule has 0 radical (unpaired) electrons. The predicted molar refractivity (Wildman–Crippen MR) is 126 cm³/mol. The molecular formula is C24H25F3N6O3. The van der Waals surface area contributed by atoms with E-state index in [1.807, 2.05) is 0 Å². The number of anilines is 1. The molecule has 190 valence electrons. The Hall–Kier alpha value is -3.77. The minimum Gasteiger partial charge on any atom is -0.457 e. The molecule has 12 heteroatoms. The number of piperazine rings is 1. The molecule has 1 saturated heterocycles. The lowest BCUT2D eigenvalue weighted by molar-refractivity contribution is -0.274. The van der Waals surface area contributed by atoms with E-state index in [1.54, 1.807) is 28.9 Å². The number of amides is 1. The van der Waals surface area contributed by atoms with Crippen LogP contribution in [0.1, 0.15) is 28.6 Å². The number of rotatable bonds is 6. The van der Waals surface area contributed by atoms with Gasteiger partial charge >= 0.3 is 6.36 Å². The molecule has 3 heterocycles. The SMILES string of the molecule is NC(=O)c1c2c(nn1-c1ccc(Oc3ccc(OC(F)(F)F)cc3)cc1)[C@H](N1CCNCC1)CCN2. The van der Waals surface area contributed by atoms with Gasteiger partial charge in [0.2, 0.25) is 0 Å². The Morgan fingerprint density at radius 2 is 1.58 bits per heavy atom. The summed E-state index contributed by atoms with van der Waals surface area (Å²) in [6.07, 6.45) is -3.88. The highest BCUT2D eigenvalue weighted by atomic mass is 19.4. The zero-order valence-electron chi connectivity index (χ0n) is 19.2. The number of halogens is 3. The van der Waals surface area contributed by atoms with Gasteiger partial charge in [-0.05, 0) is 55.0 Å². The minimum atomic E-state index is -4.76. The molecule has 1 fully saturated rings. The van der Waals surface area contributed by atoms with Crippen LogP contribution in [0.25, 0.3) is 5.69 Å². The van der Waals surface area contributed by atoms with Crippen LogP contribution in [-0.4, -0.2) is 59.7 Å². The highest BCUT2D eigenvalue weighted by Gasteiger charge is 2.34. The van der Waals surface area contributed by atoms with Gasteiger partial charge in [0.15, 0.2) is 5.69 Å². The molecule has 0 saturated carbocycles. The van der Waals surface area contributed by atoms with Crippen molar-refractivity contribution < 1.29 is 27.4 Å². The second-order valence-corrected chi connectivity index (χ2v) is 8.52. The molecule has 3 aromatic rings. The molecule has 1 amide bonds. The molecule has 0 unspecified atom stereocenters. The summed E-state index contributed by atoms with van der Waals surface area (Å²) in [5.74, 6) is -0.122. The molecule has 0 spiro atoms. The van der Waals surface area contributed by atoms with Gasteiger partial charge in [0.05, 0.1) is 17.4 Å². The molecule has 4 N–H and O–H groups in total. The highest BCUT2D eigenvalue weighted by Crippen LogP contribution is 2.37. The topological polar surface area (TPSA) is 107 Å². The number of nitrogens with zero attached hydrogens (tertiary/aromatic N) is 3. The van der Waals surface area contributed by atoms with E-state index >= 15 is 0 Å². The summed E-state index contributed by atoms with van der Waals surface area (Å²) in [7, 11) is 0. The van der Waals surface area contributed by atoms with Crippen molar-refractivity contribution in [3.63, 3.8) is 0 Å². The maximum absolute atomic E-state index is 12.4. The van der Waals surface area contributed by atoms with Crippen molar-refractivity contribution >= 4 is 11.6 Å². The number of carbonyl (C=O) groups is 1. The molecule has 1 atom stereocenters. The van der Waals surface area contributed by atoms with Crippen molar-refractivity contribution in [2.24, 2.45) is 5.73 Å². The standard InChI is InChI=1S/C24H25F3N6O3/c25-24(26,27)36-18-7-5-17(6-8-18)35-16-3-1-15(2-4-16)33-22(23(28)34)21-20(31-33)19(9-10-30-21)32-13-11-29-12-14-32/h1-8,19,29-30H,9-14H2,(H2,28,34)/t19-/m1/s1. The average Bonchev–Trinajstić information content (AvgIpc) is 3.25. The Morgan fingerprint density at radius 1 is 0.972 bits per heavy atom. The molecule has 2 aromatic carbocycles. The predicted octanol–water partition coefficient (Wildman–Crippen LogP) is 3.42. The van der Waals surface area contributed by atoms with E-state index in [-0.39, 0.29) is 11.8 Å². The lowest BCUT2D eigenvalue weighted by Crippen LogP contribution is -2.46. The lowest BCUT2D eigenvalue weighted by Gasteiger charge is -2.36. The van der Waals surface area contributed by atoms with Crippen molar-refractivity contribution in [3.8, 4) is 22.9 Å². The molecule has 0 aliphatic carbocycles. The van der Waals surface area contributed by atoms with Crippen LogP contribution in [0, 0.1) is 0 Å². The highest BCUT2D eigenvalue weighted by molar-refractivity contribution is 5.98. The quantitative estimate of drug-likeness (QED) is 0.474. The number of benzene rings is 2. The van der Waals surface area contributed by atoms with Gasteiger partial charge in [-0.25, -0.2) is 4.68 Å². The fourth-order valence-corrected chi connectivity index (χ4v) is 4.58. The lowest BCUT2D eigenvalue weighted by atomic mass is 10.0. The van der Waals surface area contributed by atoms with Gasteiger partial charge in [0.1, 0.15) is 22.9 Å². The monoisotopic (exact) mass is 502 g/mol. The number of nitrogens with one attached hydrogen (secondary N) is 2. The Kier molecular flexibility index (Phi) is 6.46. The van der Waals surface area contributed by atoms with Crippen LogP contribution < -0.4 is 25.8 Å². The largest absolute Gasteiger partial charge is 0.573 e. The third kappa shape index (κ3) is 5.09. The smallest absolute Gasteiger partial charge is 0.457 e. The number of alkyl halides is 3. The van der Waals surface area contributed by atoms with Gasteiger partial charge in [-0.1, -0.05) is 0 Å². The summed E-state index contributed by atoms with van der Waals surface area (Å²) in [6.45, 7) is 4.33. The summed E-state index contributed by atoms with van der Waals surface area (Å²) in [5, 5.41) is 11.5. The number of aromatic nitrogens is 2. The van der Waals surface area contributed by atoms with Crippen molar-refractivity contribution in [1.82, 2.24) is 20.0 Å². The van der Waals surface area contributed by atoms with Crippen LogP contribution in [0.15, 0.2) is 48.5 Å². The third-order valence-corrected chi connectivity index (χ3v) is 6.15. The van der Waals surface area contributed by atoms with E-state index in [1.165, 1.54) is 24.3 Å². The molecule has 2 aliphatic rings. The van der Waals surface area contributed by atoms with Crippen molar-refractivity contribution in [2.45, 2.75) is 18.8 Å². The normalized spacial score (nSPS) is 18.2. The Balaban J connectivity index is 1.37. The fourth-order valence-electron chi connectivity index (χ4n) is 4.58. The summed E-state index contributed by atoms with van der Waals surface area (Å²) in [6, 6.07) is 12.0. The van der Waals surface area contributed by atoms with E-state index in [0.29, 0.717) is 35.1 Å². The number of hydrogen-bond donors (Lipinski definition) is 3. The summed E-state index contributed by atoms with van der Waals surface area (Å²) in [4.78, 5) is 14.8. The van der Waals surface area contributed by atoms with Gasteiger partial charge in [-0.2, -0.15) is 5.10 Å². The van der Waals surface area contributed by atoms with Crippen molar-refractivity contribution in [1.29, 1.82) is 0 Å². The fraction of sp³-hybridized carbons (Fsp3) is 0.333. The van der Waals surface area contributed by atoms with Crippen LogP contribution in [0.2, 0.25) is 0 Å². The number of nitrogens with two attached hydrogens (primary N) is 1.